The molecule has 3 amide bonds. The summed E-state index contributed by atoms with van der Waals surface area (Å²) < 4.78 is 3.83. The molecular weight excluding hydrogens is 266 g/mol. The number of carbonyl (C=O) groups excluding carboxylic acids is 2. The van der Waals surface area contributed by atoms with Gasteiger partial charge >= 0.3 is 6.03 Å². The van der Waals surface area contributed by atoms with Crippen LogP contribution in [0.5, 0.6) is 0 Å². The number of urea groups is 1. The monoisotopic (exact) mass is 281 g/mol. The van der Waals surface area contributed by atoms with E-state index in [2.05, 4.69) is 20.2 Å². The van der Waals surface area contributed by atoms with Gasteiger partial charge in [-0.2, -0.15) is 0 Å². The maximum Gasteiger partial charge on any atom is 0.325 e. The fraction of sp³-hybridized carbons (Fsp3) is 0.636. The van der Waals surface area contributed by atoms with Crippen LogP contribution in [0.4, 0.5) is 9.80 Å². The molecule has 0 unspecified atom stereocenters. The molecule has 0 bridgehead atoms. The molecule has 1 aliphatic heterocycles. The summed E-state index contributed by atoms with van der Waals surface area (Å²) in [5, 5.41) is 10.6. The Kier molecular flexibility index (Phi) is 2.89. The molecule has 19 heavy (non-hydrogen) atoms. The topological polar surface area (TPSA) is 87.2 Å². The second-order valence-electron chi connectivity index (χ2n) is 4.91. The molecule has 2 N–H and O–H groups in total. The fourth-order valence-corrected chi connectivity index (χ4v) is 3.31. The normalized spacial score (nSPS) is 21.2. The third kappa shape index (κ3) is 1.86. The zero-order valence-electron chi connectivity index (χ0n) is 10.6. The van der Waals surface area contributed by atoms with Crippen molar-refractivity contribution >= 4 is 28.5 Å². The van der Waals surface area contributed by atoms with Gasteiger partial charge in [-0.25, -0.2) is 4.79 Å². The summed E-state index contributed by atoms with van der Waals surface area (Å²) in [6.07, 6.45) is 3.45. The molecule has 3 rings (SSSR count). The zero-order chi connectivity index (χ0) is 13.5. The lowest BCUT2D eigenvalue weighted by atomic mass is 9.98. The van der Waals surface area contributed by atoms with Crippen LogP contribution >= 0.6 is 11.5 Å². The van der Waals surface area contributed by atoms with Crippen LogP contribution in [0.25, 0.3) is 0 Å². The molecule has 2 heterocycles. The average molecular weight is 281 g/mol. The smallest absolute Gasteiger partial charge is 0.325 e. The van der Waals surface area contributed by atoms with Gasteiger partial charge in [-0.3, -0.25) is 9.69 Å². The van der Waals surface area contributed by atoms with Crippen LogP contribution in [-0.4, -0.2) is 39.0 Å². The van der Waals surface area contributed by atoms with E-state index < -0.39 is 5.54 Å². The lowest BCUT2D eigenvalue weighted by molar-refractivity contribution is -0.131. The van der Waals surface area contributed by atoms with Gasteiger partial charge in [0.15, 0.2) is 0 Å². The zero-order valence-corrected chi connectivity index (χ0v) is 11.4. The van der Waals surface area contributed by atoms with Gasteiger partial charge in [0.25, 0.3) is 5.91 Å². The third-order valence-electron chi connectivity index (χ3n) is 3.79. The van der Waals surface area contributed by atoms with Gasteiger partial charge in [-0.15, -0.1) is 5.10 Å². The molecule has 7 nitrogen and oxygen atoms in total. The molecule has 1 saturated heterocycles. The summed E-state index contributed by atoms with van der Waals surface area (Å²) in [5.41, 5.74) is -0.0218. The Morgan fingerprint density at radius 3 is 2.84 bits per heavy atom. The van der Waals surface area contributed by atoms with E-state index >= 15 is 0 Å². The summed E-state index contributed by atoms with van der Waals surface area (Å²) in [7, 11) is 1.77. The van der Waals surface area contributed by atoms with Crippen molar-refractivity contribution in [2.24, 2.45) is 0 Å². The highest BCUT2D eigenvalue weighted by molar-refractivity contribution is 7.10. The Balaban J connectivity index is 1.82. The first-order valence-electron chi connectivity index (χ1n) is 6.29. The highest BCUT2D eigenvalue weighted by Crippen LogP contribution is 2.35. The molecule has 2 aliphatic rings. The number of imide groups is 1. The first-order valence-corrected chi connectivity index (χ1v) is 7.07. The van der Waals surface area contributed by atoms with Crippen LogP contribution < -0.4 is 10.6 Å². The highest BCUT2D eigenvalue weighted by Gasteiger charge is 2.52. The molecule has 1 aromatic heterocycles. The largest absolute Gasteiger partial charge is 0.377 e. The summed E-state index contributed by atoms with van der Waals surface area (Å²) >= 11 is 1.22. The molecule has 0 aromatic carbocycles. The van der Waals surface area contributed by atoms with Crippen molar-refractivity contribution in [3.05, 3.63) is 5.69 Å². The number of hydrogen-bond donors (Lipinski definition) is 2. The minimum atomic E-state index is -0.652. The van der Waals surface area contributed by atoms with E-state index in [1.54, 1.807) is 7.05 Å². The third-order valence-corrected chi connectivity index (χ3v) is 4.58. The number of rotatable bonds is 3. The minimum absolute atomic E-state index is 0.120. The number of anilines is 1. The van der Waals surface area contributed by atoms with Crippen molar-refractivity contribution in [3.8, 4) is 0 Å². The summed E-state index contributed by atoms with van der Waals surface area (Å²) in [6.45, 7) is 0.180. The first-order chi connectivity index (χ1) is 9.16. The van der Waals surface area contributed by atoms with Gasteiger partial charge in [0.05, 0.1) is 6.54 Å². The molecule has 1 aliphatic carbocycles. The van der Waals surface area contributed by atoms with Crippen molar-refractivity contribution < 1.29 is 9.59 Å². The fourth-order valence-electron chi connectivity index (χ4n) is 2.79. The molecule has 1 saturated carbocycles. The van der Waals surface area contributed by atoms with E-state index in [0.717, 1.165) is 30.7 Å². The number of aromatic nitrogens is 2. The summed E-state index contributed by atoms with van der Waals surface area (Å²) in [6, 6.07) is -0.318. The van der Waals surface area contributed by atoms with E-state index in [-0.39, 0.29) is 18.5 Å². The van der Waals surface area contributed by atoms with Crippen LogP contribution in [0.1, 0.15) is 31.4 Å². The Labute approximate surface area is 114 Å². The van der Waals surface area contributed by atoms with Gasteiger partial charge in [-0.1, -0.05) is 17.3 Å². The van der Waals surface area contributed by atoms with E-state index in [9.17, 15) is 9.59 Å². The van der Waals surface area contributed by atoms with Gasteiger partial charge in [0.2, 0.25) is 0 Å². The Hall–Kier alpha value is -1.70. The predicted molar refractivity (Wildman–Crippen MR) is 69.7 cm³/mol. The lowest BCUT2D eigenvalue weighted by Gasteiger charge is -2.19. The SMILES string of the molecule is CNc1snnc1CN1C(=O)NC2(CCCC2)C1=O. The first kappa shape index (κ1) is 12.3. The summed E-state index contributed by atoms with van der Waals surface area (Å²) in [4.78, 5) is 25.7. The van der Waals surface area contributed by atoms with Crippen LogP contribution in [0.15, 0.2) is 0 Å². The summed E-state index contributed by atoms with van der Waals surface area (Å²) in [5.74, 6) is -0.120. The van der Waals surface area contributed by atoms with Gasteiger partial charge < -0.3 is 10.6 Å². The molecule has 1 aromatic rings. The Morgan fingerprint density at radius 2 is 2.16 bits per heavy atom. The molecule has 2 fully saturated rings. The molecular formula is C11H15N5O2S. The van der Waals surface area contributed by atoms with Crippen LogP contribution in [0.2, 0.25) is 0 Å². The number of nitrogens with zero attached hydrogens (tertiary/aromatic N) is 3. The molecule has 1 spiro atoms. The van der Waals surface area contributed by atoms with Crippen molar-refractivity contribution in [1.29, 1.82) is 0 Å². The maximum atomic E-state index is 12.4. The van der Waals surface area contributed by atoms with Gasteiger partial charge in [0.1, 0.15) is 16.2 Å². The predicted octanol–water partition coefficient (Wildman–Crippen LogP) is 0.944. The number of nitrogens with one attached hydrogen (secondary N) is 2. The quantitative estimate of drug-likeness (QED) is 0.805. The van der Waals surface area contributed by atoms with Crippen molar-refractivity contribution in [2.45, 2.75) is 37.8 Å². The van der Waals surface area contributed by atoms with Crippen molar-refractivity contribution in [3.63, 3.8) is 0 Å². The maximum absolute atomic E-state index is 12.4. The number of carbonyl (C=O) groups is 2. The van der Waals surface area contributed by atoms with Gasteiger partial charge in [-0.05, 0) is 12.8 Å². The molecule has 0 atom stereocenters. The molecule has 8 heteroatoms. The van der Waals surface area contributed by atoms with Crippen LogP contribution in [-0.2, 0) is 11.3 Å². The standard InChI is InChI=1S/C11H15N5O2S/c1-12-8-7(14-15-19-8)6-16-9(17)11(13-10(16)18)4-2-3-5-11/h12H,2-6H2,1H3,(H,13,18). The highest BCUT2D eigenvalue weighted by atomic mass is 32.1. The van der Waals surface area contributed by atoms with Crippen molar-refractivity contribution in [1.82, 2.24) is 19.8 Å². The van der Waals surface area contributed by atoms with E-state index in [4.69, 9.17) is 0 Å². The molecule has 0 radical (unpaired) electrons. The van der Waals surface area contributed by atoms with E-state index in [0.29, 0.717) is 5.69 Å². The lowest BCUT2D eigenvalue weighted by Crippen LogP contribution is -2.44. The minimum Gasteiger partial charge on any atom is -0.377 e. The van der Waals surface area contributed by atoms with Crippen molar-refractivity contribution in [2.75, 3.05) is 12.4 Å². The van der Waals surface area contributed by atoms with E-state index in [1.165, 1.54) is 16.4 Å². The van der Waals surface area contributed by atoms with Crippen LogP contribution in [0.3, 0.4) is 0 Å². The van der Waals surface area contributed by atoms with Gasteiger partial charge in [0, 0.05) is 18.6 Å². The average Bonchev–Trinajstić information content (AvgIpc) is 3.08. The number of amides is 3. The van der Waals surface area contributed by atoms with Crippen LogP contribution in [0, 0.1) is 0 Å². The number of hydrogen-bond acceptors (Lipinski definition) is 6. The second-order valence-corrected chi connectivity index (χ2v) is 5.66. The van der Waals surface area contributed by atoms with E-state index in [1.807, 2.05) is 0 Å². The Morgan fingerprint density at radius 1 is 1.42 bits per heavy atom. The second kappa shape index (κ2) is 4.44. The Bertz CT molecular complexity index is 523. The molecule has 102 valence electrons.